The van der Waals surface area contributed by atoms with Crippen LogP contribution in [-0.2, 0) is 6.42 Å². The number of hydrogen-bond acceptors (Lipinski definition) is 2. The van der Waals surface area contributed by atoms with Gasteiger partial charge < -0.3 is 10.6 Å². The third-order valence-electron chi connectivity index (χ3n) is 4.74. The van der Waals surface area contributed by atoms with Crippen molar-refractivity contribution >= 4 is 11.6 Å². The Labute approximate surface area is 162 Å². The van der Waals surface area contributed by atoms with Gasteiger partial charge in [-0.25, -0.2) is 4.39 Å². The number of benzene rings is 2. The van der Waals surface area contributed by atoms with E-state index in [1.807, 2.05) is 6.07 Å². The number of anilines is 1. The van der Waals surface area contributed by atoms with E-state index in [1.165, 1.54) is 67.7 Å². The van der Waals surface area contributed by atoms with Gasteiger partial charge in [-0.1, -0.05) is 26.8 Å². The molecule has 1 aliphatic rings. The van der Waals surface area contributed by atoms with Crippen molar-refractivity contribution in [3.05, 3.63) is 65.0 Å². The quantitative estimate of drug-likeness (QED) is 0.657. The molecule has 146 valence electrons. The Morgan fingerprint density at radius 3 is 2.37 bits per heavy atom. The number of halogens is 1. The Morgan fingerprint density at radius 1 is 1.07 bits per heavy atom. The largest absolute Gasteiger partial charge is 0.322 e. The van der Waals surface area contributed by atoms with Crippen LogP contribution >= 0.6 is 0 Å². The molecule has 0 saturated carbocycles. The second-order valence-electron chi connectivity index (χ2n) is 7.06. The maximum atomic E-state index is 12.8. The lowest BCUT2D eigenvalue weighted by molar-refractivity contribution is 0.102. The molecular formula is C23H31FN2O. The summed E-state index contributed by atoms with van der Waals surface area (Å²) in [5.41, 5.74) is 3.95. The third kappa shape index (κ3) is 6.47. The molecule has 4 heteroatoms. The van der Waals surface area contributed by atoms with E-state index in [2.05, 4.69) is 43.5 Å². The lowest BCUT2D eigenvalue weighted by atomic mass is 10.0. The topological polar surface area (TPSA) is 41.1 Å². The standard InChI is InChI=1S/C17H16FNO.C6H15N/c1-11-2-3-12-6-9-15(10-16(11)12)19-17(20)13-4-7-14(18)8-5-13;1-3-5-7-6-4-2/h4-11H,2-3H2,1H3,(H,19,20);7H,3-6H2,1-2H3. The zero-order chi connectivity index (χ0) is 19.6. The summed E-state index contributed by atoms with van der Waals surface area (Å²) >= 11 is 0. The van der Waals surface area contributed by atoms with Crippen molar-refractivity contribution in [3.8, 4) is 0 Å². The van der Waals surface area contributed by atoms with Crippen LogP contribution in [0.5, 0.6) is 0 Å². The predicted octanol–water partition coefficient (Wildman–Crippen LogP) is 5.52. The molecule has 2 aromatic carbocycles. The number of aryl methyl sites for hydroxylation is 1. The van der Waals surface area contributed by atoms with E-state index in [9.17, 15) is 9.18 Å². The van der Waals surface area contributed by atoms with Gasteiger partial charge in [-0.3, -0.25) is 4.79 Å². The van der Waals surface area contributed by atoms with Gasteiger partial charge in [0.05, 0.1) is 0 Å². The van der Waals surface area contributed by atoms with Gasteiger partial charge in [-0.15, -0.1) is 0 Å². The highest BCUT2D eigenvalue weighted by atomic mass is 19.1. The summed E-state index contributed by atoms with van der Waals surface area (Å²) in [5.74, 6) is -0.00354. The van der Waals surface area contributed by atoms with Crippen LogP contribution in [0.3, 0.4) is 0 Å². The van der Waals surface area contributed by atoms with Crippen molar-refractivity contribution in [1.29, 1.82) is 0 Å². The fourth-order valence-corrected chi connectivity index (χ4v) is 3.17. The minimum Gasteiger partial charge on any atom is -0.322 e. The number of nitrogens with one attached hydrogen (secondary N) is 2. The van der Waals surface area contributed by atoms with E-state index in [1.54, 1.807) is 0 Å². The Balaban J connectivity index is 0.000000321. The van der Waals surface area contributed by atoms with Gasteiger partial charge in [0.2, 0.25) is 0 Å². The molecule has 0 bridgehead atoms. The van der Waals surface area contributed by atoms with Gasteiger partial charge in [-0.05, 0) is 92.2 Å². The van der Waals surface area contributed by atoms with E-state index in [-0.39, 0.29) is 11.7 Å². The maximum Gasteiger partial charge on any atom is 0.255 e. The van der Waals surface area contributed by atoms with Crippen molar-refractivity contribution in [2.24, 2.45) is 0 Å². The van der Waals surface area contributed by atoms with Gasteiger partial charge in [0, 0.05) is 11.3 Å². The highest BCUT2D eigenvalue weighted by Gasteiger charge is 2.19. The second-order valence-corrected chi connectivity index (χ2v) is 7.06. The predicted molar refractivity (Wildman–Crippen MR) is 111 cm³/mol. The molecule has 1 atom stereocenters. The Bertz CT molecular complexity index is 724. The number of rotatable bonds is 6. The summed E-state index contributed by atoms with van der Waals surface area (Å²) in [6.45, 7) is 8.92. The zero-order valence-electron chi connectivity index (χ0n) is 16.6. The fourth-order valence-electron chi connectivity index (χ4n) is 3.17. The smallest absolute Gasteiger partial charge is 0.255 e. The molecule has 0 heterocycles. The molecule has 1 unspecified atom stereocenters. The molecule has 0 spiro atoms. The summed E-state index contributed by atoms with van der Waals surface area (Å²) in [6, 6.07) is 11.6. The van der Waals surface area contributed by atoms with Crippen molar-refractivity contribution in [2.45, 2.75) is 52.4 Å². The van der Waals surface area contributed by atoms with E-state index < -0.39 is 0 Å². The van der Waals surface area contributed by atoms with Crippen LogP contribution in [0.4, 0.5) is 10.1 Å². The molecule has 27 heavy (non-hydrogen) atoms. The van der Waals surface area contributed by atoms with E-state index >= 15 is 0 Å². The molecule has 1 amide bonds. The van der Waals surface area contributed by atoms with Gasteiger partial charge in [0.25, 0.3) is 5.91 Å². The molecule has 1 aliphatic carbocycles. The molecule has 0 aliphatic heterocycles. The van der Waals surface area contributed by atoms with Crippen LogP contribution in [0, 0.1) is 5.82 Å². The van der Waals surface area contributed by atoms with Gasteiger partial charge in [0.1, 0.15) is 5.82 Å². The minimum atomic E-state index is -0.340. The molecule has 0 radical (unpaired) electrons. The van der Waals surface area contributed by atoms with Crippen LogP contribution in [0.1, 0.15) is 67.4 Å². The van der Waals surface area contributed by atoms with Crippen molar-refractivity contribution in [3.63, 3.8) is 0 Å². The summed E-state index contributed by atoms with van der Waals surface area (Å²) in [5, 5.41) is 6.15. The normalized spacial score (nSPS) is 14.9. The highest BCUT2D eigenvalue weighted by molar-refractivity contribution is 6.04. The molecule has 0 saturated heterocycles. The number of carbonyl (C=O) groups excluding carboxylic acids is 1. The number of carbonyl (C=O) groups is 1. The summed E-state index contributed by atoms with van der Waals surface area (Å²) < 4.78 is 12.8. The molecule has 2 N–H and O–H groups in total. The molecule has 0 aromatic heterocycles. The van der Waals surface area contributed by atoms with Crippen molar-refractivity contribution < 1.29 is 9.18 Å². The lowest BCUT2D eigenvalue weighted by Gasteiger charge is -2.09. The van der Waals surface area contributed by atoms with Crippen LogP contribution in [0.25, 0.3) is 0 Å². The molecule has 2 aromatic rings. The fraction of sp³-hybridized carbons (Fsp3) is 0.435. The molecule has 0 fully saturated rings. The monoisotopic (exact) mass is 370 g/mol. The van der Waals surface area contributed by atoms with Crippen LogP contribution < -0.4 is 10.6 Å². The summed E-state index contributed by atoms with van der Waals surface area (Å²) in [6.07, 6.45) is 4.79. The second kappa shape index (κ2) is 10.8. The van der Waals surface area contributed by atoms with E-state index in [0.29, 0.717) is 11.5 Å². The van der Waals surface area contributed by atoms with Crippen LogP contribution in [0.15, 0.2) is 42.5 Å². The Morgan fingerprint density at radius 2 is 1.74 bits per heavy atom. The van der Waals surface area contributed by atoms with E-state index in [0.717, 1.165) is 12.1 Å². The SMILES string of the molecule is CC1CCc2ccc(NC(=O)c3ccc(F)cc3)cc21.CCCNCCC. The van der Waals surface area contributed by atoms with Gasteiger partial charge >= 0.3 is 0 Å². The summed E-state index contributed by atoms with van der Waals surface area (Å²) in [4.78, 5) is 12.1. The first-order chi connectivity index (χ1) is 13.0. The molecule has 3 rings (SSSR count). The van der Waals surface area contributed by atoms with Crippen LogP contribution in [-0.4, -0.2) is 19.0 Å². The van der Waals surface area contributed by atoms with E-state index in [4.69, 9.17) is 0 Å². The van der Waals surface area contributed by atoms with Crippen molar-refractivity contribution in [1.82, 2.24) is 5.32 Å². The lowest BCUT2D eigenvalue weighted by Crippen LogP contribution is -2.14. The average molecular weight is 371 g/mol. The molecule has 3 nitrogen and oxygen atoms in total. The number of amides is 1. The van der Waals surface area contributed by atoms with Crippen molar-refractivity contribution in [2.75, 3.05) is 18.4 Å². The Kier molecular flexibility index (Phi) is 8.46. The van der Waals surface area contributed by atoms with Crippen LogP contribution in [0.2, 0.25) is 0 Å². The summed E-state index contributed by atoms with van der Waals surface area (Å²) in [7, 11) is 0. The van der Waals surface area contributed by atoms with Gasteiger partial charge in [0.15, 0.2) is 0 Å². The zero-order valence-corrected chi connectivity index (χ0v) is 16.6. The maximum absolute atomic E-state index is 12.8. The van der Waals surface area contributed by atoms with Gasteiger partial charge in [-0.2, -0.15) is 0 Å². The highest BCUT2D eigenvalue weighted by Crippen LogP contribution is 2.34. The first-order valence-electron chi connectivity index (χ1n) is 9.95. The molecular weight excluding hydrogens is 339 g/mol. The minimum absolute atomic E-state index is 0.212. The number of fused-ring (bicyclic) bond motifs is 1. The third-order valence-corrected chi connectivity index (χ3v) is 4.74. The first kappa shape index (κ1) is 21.1. The number of hydrogen-bond donors (Lipinski definition) is 2. The first-order valence-corrected chi connectivity index (χ1v) is 9.95. The average Bonchev–Trinajstić information content (AvgIpc) is 3.04. The Hall–Kier alpha value is -2.20.